The number of hydrogen-bond acceptors (Lipinski definition) is 3. The highest BCUT2D eigenvalue weighted by molar-refractivity contribution is 14.0. The molecule has 0 heterocycles. The molecular weight excluding hydrogens is 421 g/mol. The van der Waals surface area contributed by atoms with Crippen molar-refractivity contribution in [3.63, 3.8) is 0 Å². The predicted octanol–water partition coefficient (Wildman–Crippen LogP) is 3.65. The molecule has 23 heavy (non-hydrogen) atoms. The Morgan fingerprint density at radius 1 is 1.30 bits per heavy atom. The maximum absolute atomic E-state index is 5.98. The van der Waals surface area contributed by atoms with Crippen LogP contribution in [0.25, 0.3) is 0 Å². The highest BCUT2D eigenvalue weighted by atomic mass is 127. The first-order valence-corrected chi connectivity index (χ1v) is 10.2. The average Bonchev–Trinajstić information content (AvgIpc) is 3.04. The van der Waals surface area contributed by atoms with E-state index in [0.29, 0.717) is 17.6 Å². The molecule has 2 atom stereocenters. The fourth-order valence-corrected chi connectivity index (χ4v) is 4.52. The molecule has 2 aliphatic rings. The number of nitrogens with one attached hydrogen (secondary N) is 2. The van der Waals surface area contributed by atoms with Crippen molar-refractivity contribution in [2.45, 2.75) is 64.0 Å². The van der Waals surface area contributed by atoms with Crippen LogP contribution in [0.15, 0.2) is 4.99 Å². The maximum Gasteiger partial charge on any atom is 0.191 e. The van der Waals surface area contributed by atoms with Gasteiger partial charge in [0, 0.05) is 31.7 Å². The van der Waals surface area contributed by atoms with E-state index < -0.39 is 0 Å². The molecule has 0 aromatic rings. The highest BCUT2D eigenvalue weighted by Gasteiger charge is 2.56. The van der Waals surface area contributed by atoms with Gasteiger partial charge in [-0.1, -0.05) is 12.8 Å². The zero-order valence-corrected chi connectivity index (χ0v) is 18.0. The summed E-state index contributed by atoms with van der Waals surface area (Å²) >= 11 is 1.92. The molecule has 2 rings (SSSR count). The molecule has 2 unspecified atom stereocenters. The summed E-state index contributed by atoms with van der Waals surface area (Å²) in [6.45, 7) is 3.95. The first-order valence-electron chi connectivity index (χ1n) is 8.84. The maximum atomic E-state index is 5.98. The van der Waals surface area contributed by atoms with Gasteiger partial charge in [-0.05, 0) is 51.0 Å². The van der Waals surface area contributed by atoms with Crippen LogP contribution in [0.2, 0.25) is 0 Å². The molecule has 6 heteroatoms. The Bertz CT molecular complexity index is 362. The second-order valence-corrected chi connectivity index (χ2v) is 7.50. The lowest BCUT2D eigenvalue weighted by molar-refractivity contribution is -0.125. The van der Waals surface area contributed by atoms with E-state index in [0.717, 1.165) is 25.5 Å². The number of nitrogens with zero attached hydrogens (tertiary/aromatic N) is 1. The average molecular weight is 455 g/mol. The Labute approximate surface area is 163 Å². The van der Waals surface area contributed by atoms with Crippen LogP contribution in [0.5, 0.6) is 0 Å². The summed E-state index contributed by atoms with van der Waals surface area (Å²) in [6.07, 6.45) is 11.5. The number of hydrogen-bond donors (Lipinski definition) is 2. The standard InChI is InChI=1S/C17H33N3OS.HI/c1-4-21-15-13-14(17(15)9-5-6-10-17)20-16(18-2)19-11-7-8-12-22-3;/h14-15H,4-13H2,1-3H3,(H2,18,19,20);1H. The van der Waals surface area contributed by atoms with Crippen molar-refractivity contribution in [3.05, 3.63) is 0 Å². The van der Waals surface area contributed by atoms with Crippen LogP contribution in [0, 0.1) is 5.41 Å². The monoisotopic (exact) mass is 455 g/mol. The molecule has 0 aromatic carbocycles. The van der Waals surface area contributed by atoms with Gasteiger partial charge in [-0.25, -0.2) is 0 Å². The van der Waals surface area contributed by atoms with Gasteiger partial charge in [-0.2, -0.15) is 11.8 Å². The van der Waals surface area contributed by atoms with Crippen LogP contribution in [-0.2, 0) is 4.74 Å². The zero-order chi connectivity index (χ0) is 15.8. The first kappa shape index (κ1) is 21.4. The summed E-state index contributed by atoms with van der Waals surface area (Å²) in [5, 5.41) is 7.14. The van der Waals surface area contributed by atoms with E-state index in [1.807, 2.05) is 18.8 Å². The molecule has 0 amide bonds. The SMILES string of the molecule is CCOC1CC(NC(=NC)NCCCCSC)C12CCCC2.I. The molecule has 136 valence electrons. The van der Waals surface area contributed by atoms with Gasteiger partial charge >= 0.3 is 0 Å². The number of rotatable bonds is 8. The van der Waals surface area contributed by atoms with Gasteiger partial charge in [0.2, 0.25) is 0 Å². The molecule has 0 bridgehead atoms. The normalized spacial score (nSPS) is 25.8. The summed E-state index contributed by atoms with van der Waals surface area (Å²) < 4.78 is 5.98. The van der Waals surface area contributed by atoms with Crippen molar-refractivity contribution in [3.8, 4) is 0 Å². The van der Waals surface area contributed by atoms with Gasteiger partial charge < -0.3 is 15.4 Å². The first-order chi connectivity index (χ1) is 10.8. The van der Waals surface area contributed by atoms with Crippen LogP contribution >= 0.6 is 35.7 Å². The van der Waals surface area contributed by atoms with E-state index in [4.69, 9.17) is 4.74 Å². The fourth-order valence-electron chi connectivity index (χ4n) is 4.03. The van der Waals surface area contributed by atoms with Crippen molar-refractivity contribution in [1.82, 2.24) is 10.6 Å². The molecule has 1 spiro atoms. The van der Waals surface area contributed by atoms with Gasteiger partial charge in [0.05, 0.1) is 6.10 Å². The van der Waals surface area contributed by atoms with Gasteiger partial charge in [-0.15, -0.1) is 24.0 Å². The Morgan fingerprint density at radius 2 is 2.04 bits per heavy atom. The summed E-state index contributed by atoms with van der Waals surface area (Å²) in [5.41, 5.74) is 0.368. The number of unbranched alkanes of at least 4 members (excludes halogenated alkanes) is 1. The molecule has 0 saturated heterocycles. The van der Waals surface area contributed by atoms with E-state index in [1.165, 1.54) is 44.3 Å². The van der Waals surface area contributed by atoms with Crippen LogP contribution in [0.3, 0.4) is 0 Å². The lowest BCUT2D eigenvalue weighted by Gasteiger charge is -2.54. The van der Waals surface area contributed by atoms with Crippen molar-refractivity contribution in [1.29, 1.82) is 0 Å². The van der Waals surface area contributed by atoms with Crippen LogP contribution in [-0.4, -0.2) is 50.3 Å². The second-order valence-electron chi connectivity index (χ2n) is 6.52. The third-order valence-corrected chi connectivity index (χ3v) is 5.99. The van der Waals surface area contributed by atoms with Crippen molar-refractivity contribution in [2.75, 3.05) is 32.2 Å². The van der Waals surface area contributed by atoms with E-state index in [-0.39, 0.29) is 24.0 Å². The van der Waals surface area contributed by atoms with Gasteiger partial charge in [0.1, 0.15) is 0 Å². The van der Waals surface area contributed by atoms with Crippen molar-refractivity contribution in [2.24, 2.45) is 10.4 Å². The van der Waals surface area contributed by atoms with Crippen LogP contribution in [0.4, 0.5) is 0 Å². The number of ether oxygens (including phenoxy) is 1. The van der Waals surface area contributed by atoms with Crippen molar-refractivity contribution >= 4 is 41.7 Å². The molecular formula is C17H34IN3OS. The smallest absolute Gasteiger partial charge is 0.191 e. The molecule has 0 radical (unpaired) electrons. The molecule has 2 N–H and O–H groups in total. The number of halogens is 1. The molecule has 4 nitrogen and oxygen atoms in total. The minimum absolute atomic E-state index is 0. The topological polar surface area (TPSA) is 45.6 Å². The quantitative estimate of drug-likeness (QED) is 0.254. The largest absolute Gasteiger partial charge is 0.378 e. The van der Waals surface area contributed by atoms with E-state index >= 15 is 0 Å². The predicted molar refractivity (Wildman–Crippen MR) is 112 cm³/mol. The molecule has 2 aliphatic carbocycles. The Hall–Kier alpha value is 0.310. The summed E-state index contributed by atoms with van der Waals surface area (Å²) in [4.78, 5) is 4.40. The minimum atomic E-state index is 0. The highest BCUT2D eigenvalue weighted by Crippen LogP contribution is 2.54. The fraction of sp³-hybridized carbons (Fsp3) is 0.941. The second kappa shape index (κ2) is 11.0. The van der Waals surface area contributed by atoms with E-state index in [9.17, 15) is 0 Å². The Kier molecular flexibility index (Phi) is 10.2. The number of thioether (sulfide) groups is 1. The zero-order valence-electron chi connectivity index (χ0n) is 14.9. The number of guanidine groups is 1. The number of aliphatic imine (C=N–C) groups is 1. The molecule has 0 aliphatic heterocycles. The van der Waals surface area contributed by atoms with E-state index in [2.05, 4.69) is 28.8 Å². The Balaban J connectivity index is 0.00000264. The van der Waals surface area contributed by atoms with E-state index in [1.54, 1.807) is 0 Å². The lowest BCUT2D eigenvalue weighted by atomic mass is 9.60. The minimum Gasteiger partial charge on any atom is -0.378 e. The summed E-state index contributed by atoms with van der Waals surface area (Å²) in [5.74, 6) is 2.21. The lowest BCUT2D eigenvalue weighted by Crippen LogP contribution is -2.65. The van der Waals surface area contributed by atoms with Crippen LogP contribution < -0.4 is 10.6 Å². The summed E-state index contributed by atoms with van der Waals surface area (Å²) in [6, 6.07) is 0.531. The molecule has 2 fully saturated rings. The van der Waals surface area contributed by atoms with Gasteiger partial charge in [-0.3, -0.25) is 4.99 Å². The molecule has 2 saturated carbocycles. The third kappa shape index (κ3) is 5.39. The van der Waals surface area contributed by atoms with Gasteiger partial charge in [0.15, 0.2) is 5.96 Å². The third-order valence-electron chi connectivity index (χ3n) is 5.29. The summed E-state index contributed by atoms with van der Waals surface area (Å²) in [7, 11) is 1.87. The van der Waals surface area contributed by atoms with Crippen molar-refractivity contribution < 1.29 is 4.74 Å². The Morgan fingerprint density at radius 3 is 2.65 bits per heavy atom. The van der Waals surface area contributed by atoms with Crippen LogP contribution in [0.1, 0.15) is 51.9 Å². The van der Waals surface area contributed by atoms with Gasteiger partial charge in [0.25, 0.3) is 0 Å². The molecule has 0 aromatic heterocycles.